The van der Waals surface area contributed by atoms with Gasteiger partial charge in [-0.3, -0.25) is 0 Å². The Labute approximate surface area is 164 Å². The van der Waals surface area contributed by atoms with Gasteiger partial charge < -0.3 is 0 Å². The molecule has 0 nitrogen and oxygen atoms in total. The number of unbranched alkanes of at least 4 members (excludes halogenated alkanes) is 1. The van der Waals surface area contributed by atoms with Crippen molar-refractivity contribution in [3.8, 4) is 0 Å². The van der Waals surface area contributed by atoms with Crippen LogP contribution in [0.1, 0.15) is 118 Å². The van der Waals surface area contributed by atoms with Crippen LogP contribution in [0.2, 0.25) is 0 Å². The Kier molecular flexibility index (Phi) is 5.06. The highest BCUT2D eigenvalue weighted by molar-refractivity contribution is 5.11. The SMILES string of the molecule is CCCCC12CCCC1C1CCC3(C)CC(C(C)C)CCC3(C)C1CC2. The molecule has 4 fully saturated rings. The van der Waals surface area contributed by atoms with Gasteiger partial charge in [0.25, 0.3) is 0 Å². The van der Waals surface area contributed by atoms with Crippen molar-refractivity contribution in [1.29, 1.82) is 0 Å². The van der Waals surface area contributed by atoms with Crippen molar-refractivity contribution in [2.24, 2.45) is 45.8 Å². The second-order valence-corrected chi connectivity index (χ2v) is 12.0. The van der Waals surface area contributed by atoms with Crippen LogP contribution in [0.4, 0.5) is 0 Å². The first-order chi connectivity index (χ1) is 12.4. The Morgan fingerprint density at radius 1 is 0.885 bits per heavy atom. The standard InChI is InChI=1S/C26H46/c1-6-7-13-26-14-8-9-23(26)21-11-15-24(4)18-20(19(2)3)10-16-25(24,5)22(21)12-17-26/h19-23H,6-18H2,1-5H3. The van der Waals surface area contributed by atoms with E-state index in [0.717, 1.165) is 35.0 Å². The summed E-state index contributed by atoms with van der Waals surface area (Å²) in [5.41, 5.74) is 2.04. The Balaban J connectivity index is 1.58. The van der Waals surface area contributed by atoms with E-state index in [-0.39, 0.29) is 0 Å². The topological polar surface area (TPSA) is 0 Å². The fourth-order valence-corrected chi connectivity index (χ4v) is 9.02. The molecule has 0 radical (unpaired) electrons. The monoisotopic (exact) mass is 358 g/mol. The third kappa shape index (κ3) is 2.75. The maximum atomic E-state index is 2.76. The van der Waals surface area contributed by atoms with E-state index in [0.29, 0.717) is 10.8 Å². The minimum atomic E-state index is 0.628. The third-order valence-electron chi connectivity index (χ3n) is 10.9. The predicted octanol–water partition coefficient (Wildman–Crippen LogP) is 8.25. The molecule has 0 aliphatic heterocycles. The summed E-state index contributed by atoms with van der Waals surface area (Å²) >= 11 is 0. The Morgan fingerprint density at radius 2 is 1.69 bits per heavy atom. The summed E-state index contributed by atoms with van der Waals surface area (Å²) in [7, 11) is 0. The van der Waals surface area contributed by atoms with Crippen LogP contribution < -0.4 is 0 Å². The smallest absolute Gasteiger partial charge is 0.0241 e. The molecule has 150 valence electrons. The molecule has 26 heavy (non-hydrogen) atoms. The van der Waals surface area contributed by atoms with Gasteiger partial charge in [-0.2, -0.15) is 0 Å². The molecule has 7 atom stereocenters. The largest absolute Gasteiger partial charge is 0.0654 e. The van der Waals surface area contributed by atoms with E-state index in [4.69, 9.17) is 0 Å². The highest BCUT2D eigenvalue weighted by Crippen LogP contribution is 2.71. The summed E-state index contributed by atoms with van der Waals surface area (Å²) < 4.78 is 0. The van der Waals surface area contributed by atoms with Crippen LogP contribution in [-0.2, 0) is 0 Å². The zero-order chi connectivity index (χ0) is 18.6. The average Bonchev–Trinajstić information content (AvgIpc) is 3.04. The molecular formula is C26H46. The molecule has 4 aliphatic carbocycles. The fraction of sp³-hybridized carbons (Fsp3) is 1.00. The van der Waals surface area contributed by atoms with Gasteiger partial charge in [0, 0.05) is 0 Å². The van der Waals surface area contributed by atoms with Crippen molar-refractivity contribution in [2.45, 2.75) is 118 Å². The van der Waals surface area contributed by atoms with Crippen molar-refractivity contribution >= 4 is 0 Å². The van der Waals surface area contributed by atoms with Crippen LogP contribution in [0.25, 0.3) is 0 Å². The lowest BCUT2D eigenvalue weighted by Crippen LogP contribution is -2.57. The van der Waals surface area contributed by atoms with Gasteiger partial charge in [0.15, 0.2) is 0 Å². The van der Waals surface area contributed by atoms with Crippen molar-refractivity contribution in [3.05, 3.63) is 0 Å². The van der Waals surface area contributed by atoms with Crippen LogP contribution in [0, 0.1) is 45.8 Å². The first kappa shape index (κ1) is 19.3. The highest BCUT2D eigenvalue weighted by atomic mass is 14.7. The normalized spacial score (nSPS) is 51.0. The molecule has 0 aromatic rings. The minimum absolute atomic E-state index is 0.628. The molecule has 4 saturated carbocycles. The summed E-state index contributed by atoms with van der Waals surface area (Å²) in [6.45, 7) is 12.8. The molecule has 0 aromatic carbocycles. The Hall–Kier alpha value is 0. The third-order valence-corrected chi connectivity index (χ3v) is 10.9. The van der Waals surface area contributed by atoms with E-state index in [2.05, 4.69) is 34.6 Å². The van der Waals surface area contributed by atoms with E-state index in [9.17, 15) is 0 Å². The van der Waals surface area contributed by atoms with Gasteiger partial charge in [-0.1, -0.05) is 53.9 Å². The van der Waals surface area contributed by atoms with Crippen LogP contribution in [-0.4, -0.2) is 0 Å². The van der Waals surface area contributed by atoms with Gasteiger partial charge >= 0.3 is 0 Å². The zero-order valence-electron chi connectivity index (χ0n) is 18.6. The van der Waals surface area contributed by atoms with Crippen LogP contribution >= 0.6 is 0 Å². The maximum absolute atomic E-state index is 2.76. The lowest BCUT2D eigenvalue weighted by Gasteiger charge is -2.66. The molecule has 7 unspecified atom stereocenters. The van der Waals surface area contributed by atoms with Crippen LogP contribution in [0.3, 0.4) is 0 Å². The first-order valence-corrected chi connectivity index (χ1v) is 12.4. The van der Waals surface area contributed by atoms with E-state index in [1.165, 1.54) is 38.5 Å². The molecule has 0 heteroatoms. The highest BCUT2D eigenvalue weighted by Gasteiger charge is 2.62. The Morgan fingerprint density at radius 3 is 2.42 bits per heavy atom. The number of fused-ring (bicyclic) bond motifs is 5. The molecule has 0 spiro atoms. The van der Waals surface area contributed by atoms with Gasteiger partial charge in [0.05, 0.1) is 0 Å². The molecule has 0 N–H and O–H groups in total. The van der Waals surface area contributed by atoms with Crippen molar-refractivity contribution < 1.29 is 0 Å². The van der Waals surface area contributed by atoms with Gasteiger partial charge in [0.1, 0.15) is 0 Å². The van der Waals surface area contributed by atoms with E-state index in [1.54, 1.807) is 44.9 Å². The average molecular weight is 359 g/mol. The summed E-state index contributed by atoms with van der Waals surface area (Å²) in [6.07, 6.45) is 20.0. The summed E-state index contributed by atoms with van der Waals surface area (Å²) in [5.74, 6) is 5.10. The van der Waals surface area contributed by atoms with E-state index in [1.807, 2.05) is 0 Å². The lowest BCUT2D eigenvalue weighted by molar-refractivity contribution is -0.163. The van der Waals surface area contributed by atoms with Crippen molar-refractivity contribution in [2.75, 3.05) is 0 Å². The van der Waals surface area contributed by atoms with Crippen LogP contribution in [0.5, 0.6) is 0 Å². The molecule has 0 aromatic heterocycles. The molecule has 0 heterocycles. The molecule has 4 aliphatic rings. The molecule has 0 bridgehead atoms. The molecule has 0 amide bonds. The van der Waals surface area contributed by atoms with Gasteiger partial charge in [0.2, 0.25) is 0 Å². The van der Waals surface area contributed by atoms with E-state index >= 15 is 0 Å². The van der Waals surface area contributed by atoms with Gasteiger partial charge in [-0.25, -0.2) is 0 Å². The number of hydrogen-bond donors (Lipinski definition) is 0. The second-order valence-electron chi connectivity index (χ2n) is 12.0. The molecular weight excluding hydrogens is 312 g/mol. The fourth-order valence-electron chi connectivity index (χ4n) is 9.02. The van der Waals surface area contributed by atoms with Crippen molar-refractivity contribution in [1.82, 2.24) is 0 Å². The van der Waals surface area contributed by atoms with Crippen LogP contribution in [0.15, 0.2) is 0 Å². The lowest BCUT2D eigenvalue weighted by atomic mass is 9.39. The van der Waals surface area contributed by atoms with Gasteiger partial charge in [-0.15, -0.1) is 0 Å². The quantitative estimate of drug-likeness (QED) is 0.474. The second kappa shape index (κ2) is 6.81. The van der Waals surface area contributed by atoms with Crippen molar-refractivity contribution in [3.63, 3.8) is 0 Å². The summed E-state index contributed by atoms with van der Waals surface area (Å²) in [4.78, 5) is 0. The van der Waals surface area contributed by atoms with E-state index < -0.39 is 0 Å². The van der Waals surface area contributed by atoms with Gasteiger partial charge in [-0.05, 0) is 110 Å². The number of hydrogen-bond acceptors (Lipinski definition) is 0. The number of rotatable bonds is 4. The molecule has 4 rings (SSSR count). The first-order valence-electron chi connectivity index (χ1n) is 12.4. The zero-order valence-corrected chi connectivity index (χ0v) is 18.6. The minimum Gasteiger partial charge on any atom is -0.0654 e. The Bertz CT molecular complexity index is 506. The summed E-state index contributed by atoms with van der Waals surface area (Å²) in [5, 5.41) is 0. The molecule has 0 saturated heterocycles. The maximum Gasteiger partial charge on any atom is -0.0241 e. The predicted molar refractivity (Wildman–Crippen MR) is 113 cm³/mol. The summed E-state index contributed by atoms with van der Waals surface area (Å²) in [6, 6.07) is 0.